The molecule has 1 aromatic heterocycles. The lowest BCUT2D eigenvalue weighted by atomic mass is 10.1. The van der Waals surface area contributed by atoms with Gasteiger partial charge in [-0.2, -0.15) is 5.10 Å². The first-order valence-electron chi connectivity index (χ1n) is 7.58. The molecule has 5 heteroatoms. The quantitative estimate of drug-likeness (QED) is 0.661. The van der Waals surface area contributed by atoms with Gasteiger partial charge in [-0.3, -0.25) is 4.68 Å². The monoisotopic (exact) mass is 345 g/mol. The highest BCUT2D eigenvalue weighted by atomic mass is 79.9. The Bertz CT molecular complexity index is 393. The van der Waals surface area contributed by atoms with Crippen LogP contribution in [0, 0.1) is 6.92 Å². The normalized spacial score (nSPS) is 12.8. The van der Waals surface area contributed by atoms with E-state index in [9.17, 15) is 0 Å². The predicted molar refractivity (Wildman–Crippen MR) is 87.2 cm³/mol. The maximum Gasteiger partial charge on any atom is 0.0738 e. The summed E-state index contributed by atoms with van der Waals surface area (Å²) in [6.45, 7) is 9.21. The van der Waals surface area contributed by atoms with E-state index in [-0.39, 0.29) is 0 Å². The van der Waals surface area contributed by atoms with Gasteiger partial charge in [0.15, 0.2) is 0 Å². The minimum absolute atomic E-state index is 0.489. The van der Waals surface area contributed by atoms with Crippen LogP contribution in [0.25, 0.3) is 0 Å². The first-order chi connectivity index (χ1) is 9.63. The minimum atomic E-state index is 0.489. The van der Waals surface area contributed by atoms with E-state index >= 15 is 0 Å². The third kappa shape index (κ3) is 5.19. The lowest BCUT2D eigenvalue weighted by Gasteiger charge is -2.19. The predicted octanol–water partition coefficient (Wildman–Crippen LogP) is 3.31. The zero-order valence-electron chi connectivity index (χ0n) is 13.2. The molecule has 1 heterocycles. The zero-order valence-corrected chi connectivity index (χ0v) is 14.8. The number of ether oxygens (including phenoxy) is 1. The SMILES string of the molecule is CCCNC(CCCOC)Cc1c(Br)c(C)nn1CC. The van der Waals surface area contributed by atoms with Gasteiger partial charge in [-0.25, -0.2) is 0 Å². The second-order valence-corrected chi connectivity index (χ2v) is 5.95. The van der Waals surface area contributed by atoms with Crippen molar-refractivity contribution in [2.45, 2.75) is 59.0 Å². The molecule has 20 heavy (non-hydrogen) atoms. The van der Waals surface area contributed by atoms with E-state index < -0.39 is 0 Å². The number of hydrogen-bond acceptors (Lipinski definition) is 3. The van der Waals surface area contributed by atoms with Crippen molar-refractivity contribution in [3.8, 4) is 0 Å². The van der Waals surface area contributed by atoms with Crippen molar-refractivity contribution in [3.63, 3.8) is 0 Å². The van der Waals surface area contributed by atoms with Crippen LogP contribution in [-0.4, -0.2) is 36.1 Å². The highest BCUT2D eigenvalue weighted by Crippen LogP contribution is 2.23. The highest BCUT2D eigenvalue weighted by Gasteiger charge is 2.17. The molecule has 0 spiro atoms. The summed E-state index contributed by atoms with van der Waals surface area (Å²) in [5.74, 6) is 0. The molecule has 0 radical (unpaired) electrons. The van der Waals surface area contributed by atoms with E-state index in [4.69, 9.17) is 4.74 Å². The molecule has 1 unspecified atom stereocenters. The Balaban J connectivity index is 2.71. The van der Waals surface area contributed by atoms with Crippen LogP contribution in [0.4, 0.5) is 0 Å². The average Bonchev–Trinajstić information content (AvgIpc) is 2.72. The summed E-state index contributed by atoms with van der Waals surface area (Å²) < 4.78 is 8.43. The highest BCUT2D eigenvalue weighted by molar-refractivity contribution is 9.10. The summed E-state index contributed by atoms with van der Waals surface area (Å²) >= 11 is 3.68. The second-order valence-electron chi connectivity index (χ2n) is 5.15. The fraction of sp³-hybridized carbons (Fsp3) is 0.800. The Morgan fingerprint density at radius 3 is 2.75 bits per heavy atom. The summed E-state index contributed by atoms with van der Waals surface area (Å²) in [5.41, 5.74) is 2.38. The molecule has 0 fully saturated rings. The van der Waals surface area contributed by atoms with Gasteiger partial charge in [0.25, 0.3) is 0 Å². The van der Waals surface area contributed by atoms with Gasteiger partial charge in [0.2, 0.25) is 0 Å². The van der Waals surface area contributed by atoms with Gasteiger partial charge >= 0.3 is 0 Å². The smallest absolute Gasteiger partial charge is 0.0738 e. The largest absolute Gasteiger partial charge is 0.385 e. The Kier molecular flexibility index (Phi) is 8.41. The molecule has 1 N–H and O–H groups in total. The van der Waals surface area contributed by atoms with E-state index in [0.29, 0.717) is 6.04 Å². The number of aromatic nitrogens is 2. The summed E-state index contributed by atoms with van der Waals surface area (Å²) in [6, 6.07) is 0.489. The number of nitrogens with one attached hydrogen (secondary N) is 1. The molecule has 0 amide bonds. The summed E-state index contributed by atoms with van der Waals surface area (Å²) in [6.07, 6.45) is 4.40. The third-order valence-corrected chi connectivity index (χ3v) is 4.51. The molecule has 0 aliphatic carbocycles. The fourth-order valence-corrected chi connectivity index (χ4v) is 2.84. The molecule has 1 atom stereocenters. The standard InChI is InChI=1S/C15H28BrN3O/c1-5-9-17-13(8-7-10-20-4)11-14-15(16)12(3)18-19(14)6-2/h13,17H,5-11H2,1-4H3. The summed E-state index contributed by atoms with van der Waals surface area (Å²) in [5, 5.41) is 8.22. The topological polar surface area (TPSA) is 39.1 Å². The number of halogens is 1. The Hall–Kier alpha value is -0.390. The lowest BCUT2D eigenvalue weighted by molar-refractivity contribution is 0.188. The van der Waals surface area contributed by atoms with Gasteiger partial charge in [-0.05, 0) is 55.6 Å². The number of methoxy groups -OCH3 is 1. The molecule has 0 aliphatic heterocycles. The van der Waals surface area contributed by atoms with Crippen molar-refractivity contribution in [1.29, 1.82) is 0 Å². The molecular formula is C15H28BrN3O. The maximum absolute atomic E-state index is 5.17. The van der Waals surface area contributed by atoms with E-state index in [1.165, 1.54) is 5.69 Å². The van der Waals surface area contributed by atoms with Crippen LogP contribution in [0.1, 0.15) is 44.5 Å². The van der Waals surface area contributed by atoms with E-state index in [2.05, 4.69) is 51.8 Å². The average molecular weight is 346 g/mol. The molecule has 0 aliphatic rings. The number of nitrogens with zero attached hydrogens (tertiary/aromatic N) is 2. The van der Waals surface area contributed by atoms with Crippen LogP contribution < -0.4 is 5.32 Å². The van der Waals surface area contributed by atoms with Crippen LogP contribution in [0.3, 0.4) is 0 Å². The Labute approximate surface area is 131 Å². The van der Waals surface area contributed by atoms with E-state index in [0.717, 1.165) is 55.5 Å². The molecule has 4 nitrogen and oxygen atoms in total. The lowest BCUT2D eigenvalue weighted by Crippen LogP contribution is -2.33. The second kappa shape index (κ2) is 9.53. The van der Waals surface area contributed by atoms with Crippen molar-refractivity contribution in [1.82, 2.24) is 15.1 Å². The molecule has 0 saturated heterocycles. The van der Waals surface area contributed by atoms with Gasteiger partial charge in [-0.1, -0.05) is 6.92 Å². The van der Waals surface area contributed by atoms with E-state index in [1.807, 2.05) is 0 Å². The minimum Gasteiger partial charge on any atom is -0.385 e. The first-order valence-corrected chi connectivity index (χ1v) is 8.37. The van der Waals surface area contributed by atoms with Gasteiger partial charge in [0.1, 0.15) is 0 Å². The molecule has 0 bridgehead atoms. The van der Waals surface area contributed by atoms with Crippen LogP contribution >= 0.6 is 15.9 Å². The maximum atomic E-state index is 5.17. The third-order valence-electron chi connectivity index (χ3n) is 3.48. The van der Waals surface area contributed by atoms with Gasteiger partial charge in [-0.15, -0.1) is 0 Å². The molecule has 0 aromatic carbocycles. The molecule has 1 aromatic rings. The van der Waals surface area contributed by atoms with Crippen LogP contribution in [0.2, 0.25) is 0 Å². The van der Waals surface area contributed by atoms with Crippen molar-refractivity contribution >= 4 is 15.9 Å². The number of hydrogen-bond donors (Lipinski definition) is 1. The van der Waals surface area contributed by atoms with Crippen LogP contribution in [0.5, 0.6) is 0 Å². The van der Waals surface area contributed by atoms with Crippen molar-refractivity contribution in [2.75, 3.05) is 20.3 Å². The molecular weight excluding hydrogens is 318 g/mol. The van der Waals surface area contributed by atoms with Crippen molar-refractivity contribution in [3.05, 3.63) is 15.9 Å². The molecule has 0 saturated carbocycles. The number of aryl methyl sites for hydroxylation is 2. The van der Waals surface area contributed by atoms with Crippen molar-refractivity contribution in [2.24, 2.45) is 0 Å². The van der Waals surface area contributed by atoms with E-state index in [1.54, 1.807) is 7.11 Å². The van der Waals surface area contributed by atoms with Gasteiger partial charge in [0, 0.05) is 32.7 Å². The van der Waals surface area contributed by atoms with Gasteiger partial charge in [0.05, 0.1) is 15.9 Å². The Morgan fingerprint density at radius 1 is 1.40 bits per heavy atom. The number of rotatable bonds is 10. The zero-order chi connectivity index (χ0) is 15.0. The molecule has 1 rings (SSSR count). The fourth-order valence-electron chi connectivity index (χ4n) is 2.40. The molecule has 116 valence electrons. The Morgan fingerprint density at radius 2 is 2.15 bits per heavy atom. The van der Waals surface area contributed by atoms with Crippen LogP contribution in [-0.2, 0) is 17.7 Å². The van der Waals surface area contributed by atoms with Crippen LogP contribution in [0.15, 0.2) is 4.47 Å². The van der Waals surface area contributed by atoms with Crippen molar-refractivity contribution < 1.29 is 4.74 Å². The first kappa shape index (κ1) is 17.7. The van der Waals surface area contributed by atoms with Gasteiger partial charge < -0.3 is 10.1 Å². The summed E-state index contributed by atoms with van der Waals surface area (Å²) in [7, 11) is 1.76. The summed E-state index contributed by atoms with van der Waals surface area (Å²) in [4.78, 5) is 0.